The van der Waals surface area contributed by atoms with Crippen molar-refractivity contribution in [3.63, 3.8) is 0 Å². The normalized spacial score (nSPS) is 13.0. The van der Waals surface area contributed by atoms with Gasteiger partial charge in [0.2, 0.25) is 5.95 Å². The molecular formula is C26H28F2N6. The number of nitrogens with zero attached hydrogens (tertiary/aromatic N) is 4. The molecule has 2 heterocycles. The summed E-state index contributed by atoms with van der Waals surface area (Å²) >= 11 is 0. The molecule has 0 amide bonds. The summed E-state index contributed by atoms with van der Waals surface area (Å²) < 4.78 is 29.7. The van der Waals surface area contributed by atoms with Crippen LogP contribution in [0.3, 0.4) is 0 Å². The van der Waals surface area contributed by atoms with E-state index in [0.717, 1.165) is 28.8 Å². The van der Waals surface area contributed by atoms with Crippen LogP contribution in [0.1, 0.15) is 16.7 Å². The number of halogens is 2. The highest BCUT2D eigenvalue weighted by molar-refractivity contribution is 5.80. The molecule has 34 heavy (non-hydrogen) atoms. The zero-order valence-electron chi connectivity index (χ0n) is 19.6. The van der Waals surface area contributed by atoms with Gasteiger partial charge in [-0.2, -0.15) is 4.98 Å². The lowest BCUT2D eigenvalue weighted by atomic mass is 9.97. The molecule has 0 bridgehead atoms. The summed E-state index contributed by atoms with van der Waals surface area (Å²) in [5.41, 5.74) is 4.02. The maximum atomic E-state index is 14.9. The number of rotatable bonds is 7. The van der Waals surface area contributed by atoms with Gasteiger partial charge in [-0.05, 0) is 50.3 Å². The minimum Gasteiger partial charge on any atom is -0.367 e. The van der Waals surface area contributed by atoms with E-state index in [2.05, 4.69) is 28.8 Å². The molecule has 0 atom stereocenters. The Balaban J connectivity index is 1.94. The fourth-order valence-corrected chi connectivity index (χ4v) is 3.88. The molecule has 2 N–H and O–H groups in total. The van der Waals surface area contributed by atoms with Crippen LogP contribution >= 0.6 is 0 Å². The first-order valence-corrected chi connectivity index (χ1v) is 11.0. The number of benzene rings is 2. The van der Waals surface area contributed by atoms with E-state index in [-0.39, 0.29) is 5.69 Å². The van der Waals surface area contributed by atoms with E-state index in [1.807, 2.05) is 44.1 Å². The van der Waals surface area contributed by atoms with Crippen LogP contribution in [-0.2, 0) is 6.54 Å². The molecule has 0 radical (unpaired) electrons. The fourth-order valence-electron chi connectivity index (χ4n) is 3.88. The Morgan fingerprint density at radius 2 is 1.91 bits per heavy atom. The molecule has 6 nitrogen and oxygen atoms in total. The van der Waals surface area contributed by atoms with Crippen LogP contribution in [0.25, 0.3) is 17.3 Å². The quantitative estimate of drug-likeness (QED) is 0.512. The molecule has 8 heteroatoms. The van der Waals surface area contributed by atoms with Crippen LogP contribution in [0.5, 0.6) is 0 Å². The minimum atomic E-state index is -0.706. The third-order valence-electron chi connectivity index (χ3n) is 5.69. The topological polar surface area (TPSA) is 56.3 Å². The first kappa shape index (κ1) is 23.4. The molecule has 2 aromatic carbocycles. The number of nitrogens with one attached hydrogen (secondary N) is 2. The number of aryl methyl sites for hydroxylation is 1. The summed E-state index contributed by atoms with van der Waals surface area (Å²) in [5.74, 6) is -0.327. The SMILES string of the molecule is C=Cc1ccc(C)c(-c2nc(NCCN(C)C)nc3c2CNC(=C)N3c2c(F)cccc2F)c1. The summed E-state index contributed by atoms with van der Waals surface area (Å²) in [5, 5.41) is 6.40. The van der Waals surface area contributed by atoms with Crippen molar-refractivity contribution in [2.75, 3.05) is 37.4 Å². The van der Waals surface area contributed by atoms with Gasteiger partial charge in [0.25, 0.3) is 0 Å². The first-order chi connectivity index (χ1) is 16.3. The van der Waals surface area contributed by atoms with E-state index in [9.17, 15) is 8.78 Å². The van der Waals surface area contributed by atoms with Gasteiger partial charge in [0.1, 0.15) is 29.0 Å². The minimum absolute atomic E-state index is 0.235. The molecule has 0 aliphatic carbocycles. The molecule has 3 aromatic rings. The molecule has 176 valence electrons. The van der Waals surface area contributed by atoms with Gasteiger partial charge in [-0.15, -0.1) is 0 Å². The number of hydrogen-bond acceptors (Lipinski definition) is 6. The number of fused-ring (bicyclic) bond motifs is 1. The predicted molar refractivity (Wildman–Crippen MR) is 134 cm³/mol. The zero-order valence-corrected chi connectivity index (χ0v) is 19.6. The Morgan fingerprint density at radius 3 is 2.59 bits per heavy atom. The van der Waals surface area contributed by atoms with Crippen molar-refractivity contribution >= 4 is 23.5 Å². The fraction of sp³-hybridized carbons (Fsp3) is 0.231. The number of para-hydroxylation sites is 1. The summed E-state index contributed by atoms with van der Waals surface area (Å²) in [7, 11) is 3.95. The number of aromatic nitrogens is 2. The summed E-state index contributed by atoms with van der Waals surface area (Å²) in [6.07, 6.45) is 1.77. The van der Waals surface area contributed by atoms with Gasteiger partial charge in [-0.3, -0.25) is 4.90 Å². The summed E-state index contributed by atoms with van der Waals surface area (Å²) in [6.45, 7) is 11.6. The monoisotopic (exact) mass is 462 g/mol. The van der Waals surface area contributed by atoms with Crippen molar-refractivity contribution in [2.45, 2.75) is 13.5 Å². The summed E-state index contributed by atoms with van der Waals surface area (Å²) in [4.78, 5) is 12.9. The van der Waals surface area contributed by atoms with Crippen molar-refractivity contribution in [3.05, 3.63) is 83.7 Å². The smallest absolute Gasteiger partial charge is 0.225 e. The second kappa shape index (κ2) is 9.61. The average Bonchev–Trinajstić information content (AvgIpc) is 2.80. The van der Waals surface area contributed by atoms with Crippen molar-refractivity contribution in [3.8, 4) is 11.3 Å². The second-order valence-corrected chi connectivity index (χ2v) is 8.41. The Kier molecular flexibility index (Phi) is 6.61. The van der Waals surface area contributed by atoms with Crippen LogP contribution in [0.4, 0.5) is 26.2 Å². The largest absolute Gasteiger partial charge is 0.367 e. The predicted octanol–water partition coefficient (Wildman–Crippen LogP) is 5.06. The summed E-state index contributed by atoms with van der Waals surface area (Å²) in [6, 6.07) is 9.76. The lowest BCUT2D eigenvalue weighted by Crippen LogP contribution is -2.35. The van der Waals surface area contributed by atoms with Crippen LogP contribution in [0.15, 0.2) is 55.4 Å². The average molecular weight is 463 g/mol. The lowest BCUT2D eigenvalue weighted by Gasteiger charge is -2.34. The van der Waals surface area contributed by atoms with Gasteiger partial charge in [0.05, 0.1) is 5.69 Å². The maximum Gasteiger partial charge on any atom is 0.225 e. The molecule has 4 rings (SSSR count). The Bertz CT molecular complexity index is 1230. The van der Waals surface area contributed by atoms with E-state index >= 15 is 0 Å². The van der Waals surface area contributed by atoms with Crippen LogP contribution in [-0.4, -0.2) is 42.1 Å². The third-order valence-corrected chi connectivity index (χ3v) is 5.69. The van der Waals surface area contributed by atoms with Crippen molar-refractivity contribution < 1.29 is 8.78 Å². The molecule has 0 saturated heterocycles. The Morgan fingerprint density at radius 1 is 1.18 bits per heavy atom. The van der Waals surface area contributed by atoms with Crippen LogP contribution < -0.4 is 15.5 Å². The second-order valence-electron chi connectivity index (χ2n) is 8.41. The van der Waals surface area contributed by atoms with E-state index in [1.54, 1.807) is 6.08 Å². The maximum absolute atomic E-state index is 14.9. The number of anilines is 3. The van der Waals surface area contributed by atoms with Crippen LogP contribution in [0.2, 0.25) is 0 Å². The van der Waals surface area contributed by atoms with Gasteiger partial charge < -0.3 is 15.5 Å². The van der Waals surface area contributed by atoms with Gasteiger partial charge in [-0.1, -0.05) is 37.4 Å². The molecule has 1 aromatic heterocycles. The zero-order chi connectivity index (χ0) is 24.4. The van der Waals surface area contributed by atoms with E-state index < -0.39 is 11.6 Å². The molecule has 0 spiro atoms. The van der Waals surface area contributed by atoms with Crippen molar-refractivity contribution in [1.82, 2.24) is 20.2 Å². The first-order valence-electron chi connectivity index (χ1n) is 11.0. The molecule has 0 saturated carbocycles. The van der Waals surface area contributed by atoms with Gasteiger partial charge >= 0.3 is 0 Å². The highest BCUT2D eigenvalue weighted by Gasteiger charge is 2.31. The molecule has 0 fully saturated rings. The molecular weight excluding hydrogens is 434 g/mol. The van der Waals surface area contributed by atoms with E-state index in [4.69, 9.17) is 4.98 Å². The van der Waals surface area contributed by atoms with Crippen molar-refractivity contribution in [1.29, 1.82) is 0 Å². The number of likely N-dealkylation sites (N-methyl/N-ethyl adjacent to an activating group) is 1. The Hall–Kier alpha value is -3.78. The van der Waals surface area contributed by atoms with E-state index in [1.165, 1.54) is 23.1 Å². The number of hydrogen-bond donors (Lipinski definition) is 2. The standard InChI is InChI=1S/C26H28F2N6/c1-6-18-11-10-16(2)19(14-18)23-20-15-30-17(3)34(24-21(27)8-7-9-22(24)28)25(20)32-26(31-23)29-12-13-33(4)5/h6-11,14,30H,1,3,12-13,15H2,2,4-5H3,(H,29,31,32). The highest BCUT2D eigenvalue weighted by atomic mass is 19.1. The van der Waals surface area contributed by atoms with E-state index in [0.29, 0.717) is 36.4 Å². The highest BCUT2D eigenvalue weighted by Crippen LogP contribution is 2.40. The molecule has 1 aliphatic heterocycles. The Labute approximate surface area is 198 Å². The van der Waals surface area contributed by atoms with Gasteiger partial charge in [-0.25, -0.2) is 13.8 Å². The van der Waals surface area contributed by atoms with Gasteiger partial charge in [0, 0.05) is 30.8 Å². The molecule has 0 unspecified atom stereocenters. The van der Waals surface area contributed by atoms with Crippen molar-refractivity contribution in [2.24, 2.45) is 0 Å². The lowest BCUT2D eigenvalue weighted by molar-refractivity contribution is 0.425. The molecule has 1 aliphatic rings. The third kappa shape index (κ3) is 4.49. The van der Waals surface area contributed by atoms with Gasteiger partial charge in [0.15, 0.2) is 0 Å². The van der Waals surface area contributed by atoms with Crippen LogP contribution in [0, 0.1) is 18.6 Å².